The molecule has 1 atom stereocenters. The number of ether oxygens (including phenoxy) is 1. The lowest BCUT2D eigenvalue weighted by Gasteiger charge is -2.32. The summed E-state index contributed by atoms with van der Waals surface area (Å²) in [6.07, 6.45) is 1.11. The highest BCUT2D eigenvalue weighted by Crippen LogP contribution is 2.32. The predicted octanol–water partition coefficient (Wildman–Crippen LogP) is 6.11. The standard InChI is InChI=1S/C30H37N3O2/c1-6-25(31(4)5)21-32(7-2)26-17-22(3)29-24(18-26)20-33(30(29)34)19-23-13-15-28(16-14-23)35-27-11-9-8-10-12-27/h8-18,25H,6-7,19-21H2,1-5H3. The molecule has 1 heterocycles. The maximum atomic E-state index is 13.3. The van der Waals surface area contributed by atoms with Crippen LogP contribution in [0.25, 0.3) is 0 Å². The molecule has 4 rings (SSSR count). The molecule has 5 nitrogen and oxygen atoms in total. The van der Waals surface area contributed by atoms with Crippen LogP contribution in [-0.2, 0) is 13.1 Å². The van der Waals surface area contributed by atoms with Gasteiger partial charge >= 0.3 is 0 Å². The van der Waals surface area contributed by atoms with Crippen molar-refractivity contribution in [1.29, 1.82) is 0 Å². The van der Waals surface area contributed by atoms with Crippen LogP contribution in [0.15, 0.2) is 66.7 Å². The van der Waals surface area contributed by atoms with E-state index in [-0.39, 0.29) is 5.91 Å². The van der Waals surface area contributed by atoms with Crippen molar-refractivity contribution in [2.24, 2.45) is 0 Å². The van der Waals surface area contributed by atoms with E-state index in [0.717, 1.165) is 53.3 Å². The van der Waals surface area contributed by atoms with Crippen molar-refractivity contribution in [3.63, 3.8) is 0 Å². The van der Waals surface area contributed by atoms with E-state index in [1.54, 1.807) is 0 Å². The summed E-state index contributed by atoms with van der Waals surface area (Å²) in [6.45, 7) is 9.66. The third-order valence-corrected chi connectivity index (χ3v) is 6.92. The summed E-state index contributed by atoms with van der Waals surface area (Å²) in [4.78, 5) is 19.9. The van der Waals surface area contributed by atoms with Crippen LogP contribution in [0.4, 0.5) is 5.69 Å². The lowest BCUT2D eigenvalue weighted by Crippen LogP contribution is -2.40. The predicted molar refractivity (Wildman–Crippen MR) is 143 cm³/mol. The molecule has 0 fully saturated rings. The fourth-order valence-corrected chi connectivity index (χ4v) is 4.85. The second-order valence-electron chi connectivity index (χ2n) is 9.58. The van der Waals surface area contributed by atoms with Gasteiger partial charge in [0.05, 0.1) is 0 Å². The molecule has 0 spiro atoms. The molecule has 0 aromatic heterocycles. The SMILES string of the molecule is CCC(CN(CC)c1cc(C)c2c(c1)CN(Cc1ccc(Oc3ccccc3)cc1)C2=O)N(C)C. The van der Waals surface area contributed by atoms with Gasteiger partial charge in [-0.2, -0.15) is 0 Å². The maximum absolute atomic E-state index is 13.3. The molecule has 3 aromatic rings. The van der Waals surface area contributed by atoms with Gasteiger partial charge in [0, 0.05) is 43.5 Å². The zero-order valence-electron chi connectivity index (χ0n) is 21.6. The Hall–Kier alpha value is -3.31. The molecule has 1 amide bonds. The van der Waals surface area contributed by atoms with Gasteiger partial charge in [-0.1, -0.05) is 37.3 Å². The fourth-order valence-electron chi connectivity index (χ4n) is 4.85. The summed E-state index contributed by atoms with van der Waals surface area (Å²) < 4.78 is 5.90. The molecular weight excluding hydrogens is 434 g/mol. The maximum Gasteiger partial charge on any atom is 0.255 e. The Morgan fingerprint density at radius 2 is 1.66 bits per heavy atom. The normalized spacial score (nSPS) is 13.8. The van der Waals surface area contributed by atoms with Gasteiger partial charge in [-0.05, 0) is 87.5 Å². The first-order valence-electron chi connectivity index (χ1n) is 12.6. The Labute approximate surface area is 209 Å². The summed E-state index contributed by atoms with van der Waals surface area (Å²) >= 11 is 0. The fraction of sp³-hybridized carbons (Fsp3) is 0.367. The van der Waals surface area contributed by atoms with Crippen LogP contribution in [0.2, 0.25) is 0 Å². The Kier molecular flexibility index (Phi) is 7.76. The van der Waals surface area contributed by atoms with Gasteiger partial charge in [-0.15, -0.1) is 0 Å². The summed E-state index contributed by atoms with van der Waals surface area (Å²) in [5.74, 6) is 1.73. The van der Waals surface area contributed by atoms with E-state index in [4.69, 9.17) is 4.74 Å². The van der Waals surface area contributed by atoms with Crippen LogP contribution >= 0.6 is 0 Å². The van der Waals surface area contributed by atoms with Crippen LogP contribution in [0, 0.1) is 6.92 Å². The van der Waals surface area contributed by atoms with Gasteiger partial charge in [0.25, 0.3) is 5.91 Å². The number of rotatable bonds is 10. The van der Waals surface area contributed by atoms with E-state index in [1.165, 1.54) is 5.69 Å². The second kappa shape index (κ2) is 11.0. The molecule has 35 heavy (non-hydrogen) atoms. The average molecular weight is 472 g/mol. The van der Waals surface area contributed by atoms with Crippen molar-refractivity contribution in [2.45, 2.75) is 46.3 Å². The quantitative estimate of drug-likeness (QED) is 0.357. The topological polar surface area (TPSA) is 36.0 Å². The molecule has 0 aliphatic carbocycles. The van der Waals surface area contributed by atoms with Gasteiger partial charge in [0.1, 0.15) is 11.5 Å². The van der Waals surface area contributed by atoms with Crippen LogP contribution in [-0.4, -0.2) is 48.9 Å². The summed E-state index contributed by atoms with van der Waals surface area (Å²) in [5.41, 5.74) is 5.37. The van der Waals surface area contributed by atoms with Crippen molar-refractivity contribution in [3.05, 3.63) is 89.0 Å². The van der Waals surface area contributed by atoms with E-state index in [9.17, 15) is 4.79 Å². The molecular formula is C30H37N3O2. The minimum atomic E-state index is 0.122. The number of likely N-dealkylation sites (N-methyl/N-ethyl adjacent to an activating group) is 2. The number of aryl methyl sites for hydroxylation is 1. The van der Waals surface area contributed by atoms with Crippen molar-refractivity contribution in [2.75, 3.05) is 32.1 Å². The van der Waals surface area contributed by atoms with Crippen LogP contribution in [0.5, 0.6) is 11.5 Å². The smallest absolute Gasteiger partial charge is 0.255 e. The Morgan fingerprint density at radius 3 is 2.29 bits per heavy atom. The summed E-state index contributed by atoms with van der Waals surface area (Å²) in [6, 6.07) is 22.7. The van der Waals surface area contributed by atoms with Crippen LogP contribution < -0.4 is 9.64 Å². The van der Waals surface area contributed by atoms with Gasteiger partial charge < -0.3 is 19.4 Å². The van der Waals surface area contributed by atoms with Crippen molar-refractivity contribution in [3.8, 4) is 11.5 Å². The van der Waals surface area contributed by atoms with E-state index >= 15 is 0 Å². The third kappa shape index (κ3) is 5.68. The second-order valence-corrected chi connectivity index (χ2v) is 9.58. The summed E-state index contributed by atoms with van der Waals surface area (Å²) in [7, 11) is 4.29. The number of carbonyl (C=O) groups is 1. The van der Waals surface area contributed by atoms with Crippen molar-refractivity contribution in [1.82, 2.24) is 9.80 Å². The Balaban J connectivity index is 1.46. The zero-order chi connectivity index (χ0) is 24.9. The number of amides is 1. The number of nitrogens with zero attached hydrogens (tertiary/aromatic N) is 3. The molecule has 0 radical (unpaired) electrons. The number of hydrogen-bond acceptors (Lipinski definition) is 4. The van der Waals surface area contributed by atoms with Crippen LogP contribution in [0.1, 0.15) is 47.3 Å². The number of hydrogen-bond donors (Lipinski definition) is 0. The molecule has 5 heteroatoms. The lowest BCUT2D eigenvalue weighted by atomic mass is 10.0. The molecule has 184 valence electrons. The zero-order valence-corrected chi connectivity index (χ0v) is 21.6. The van der Waals surface area contributed by atoms with Crippen LogP contribution in [0.3, 0.4) is 0 Å². The molecule has 1 unspecified atom stereocenters. The third-order valence-electron chi connectivity index (χ3n) is 6.92. The van der Waals surface area contributed by atoms with Gasteiger partial charge in [-0.3, -0.25) is 4.79 Å². The van der Waals surface area contributed by atoms with E-state index < -0.39 is 0 Å². The first kappa shape index (κ1) is 24.8. The first-order valence-corrected chi connectivity index (χ1v) is 12.6. The minimum Gasteiger partial charge on any atom is -0.457 e. The number of para-hydroxylation sites is 1. The molecule has 0 saturated carbocycles. The molecule has 0 bridgehead atoms. The Bertz CT molecular complexity index is 1140. The highest BCUT2D eigenvalue weighted by Gasteiger charge is 2.30. The van der Waals surface area contributed by atoms with Crippen molar-refractivity contribution >= 4 is 11.6 Å². The van der Waals surface area contributed by atoms with Crippen molar-refractivity contribution < 1.29 is 9.53 Å². The van der Waals surface area contributed by atoms with E-state index in [0.29, 0.717) is 19.1 Å². The highest BCUT2D eigenvalue weighted by atomic mass is 16.5. The first-order chi connectivity index (χ1) is 16.9. The van der Waals surface area contributed by atoms with Gasteiger partial charge in [-0.25, -0.2) is 0 Å². The average Bonchev–Trinajstić information content (AvgIpc) is 3.16. The molecule has 1 aliphatic rings. The number of fused-ring (bicyclic) bond motifs is 1. The van der Waals surface area contributed by atoms with Gasteiger partial charge in [0.2, 0.25) is 0 Å². The monoisotopic (exact) mass is 471 g/mol. The molecule has 1 aliphatic heterocycles. The number of carbonyl (C=O) groups excluding carboxylic acids is 1. The lowest BCUT2D eigenvalue weighted by molar-refractivity contribution is 0.0766. The molecule has 0 saturated heterocycles. The Morgan fingerprint density at radius 1 is 0.971 bits per heavy atom. The van der Waals surface area contributed by atoms with Gasteiger partial charge in [0.15, 0.2) is 0 Å². The van der Waals surface area contributed by atoms with E-state index in [1.807, 2.05) is 59.5 Å². The molecule has 3 aromatic carbocycles. The molecule has 0 N–H and O–H groups in total. The largest absolute Gasteiger partial charge is 0.457 e. The van der Waals surface area contributed by atoms with E-state index in [2.05, 4.69) is 56.8 Å². The number of anilines is 1. The summed E-state index contributed by atoms with van der Waals surface area (Å²) in [5, 5.41) is 0. The minimum absolute atomic E-state index is 0.122. The number of benzene rings is 3. The highest BCUT2D eigenvalue weighted by molar-refractivity contribution is 6.00.